The Morgan fingerprint density at radius 1 is 1.37 bits per heavy atom. The number of rotatable bonds is 2. The van der Waals surface area contributed by atoms with Gasteiger partial charge in [0.15, 0.2) is 0 Å². The predicted molar refractivity (Wildman–Crippen MR) is 66.0 cm³/mol. The van der Waals surface area contributed by atoms with Gasteiger partial charge in [-0.3, -0.25) is 4.90 Å². The summed E-state index contributed by atoms with van der Waals surface area (Å²) in [5.41, 5.74) is -0.886. The van der Waals surface area contributed by atoms with Gasteiger partial charge < -0.3 is 4.90 Å². The molecule has 4 nitrogen and oxygen atoms in total. The van der Waals surface area contributed by atoms with Gasteiger partial charge in [0.2, 0.25) is 5.95 Å². The van der Waals surface area contributed by atoms with Crippen LogP contribution in [0, 0.1) is 0 Å². The fraction of sp³-hybridized carbons (Fsp3) is 0.667. The van der Waals surface area contributed by atoms with Crippen molar-refractivity contribution < 1.29 is 13.2 Å². The molecular formula is C12H17F3N4. The second-order valence-corrected chi connectivity index (χ2v) is 4.66. The van der Waals surface area contributed by atoms with E-state index in [1.165, 1.54) is 6.20 Å². The molecule has 2 heterocycles. The maximum absolute atomic E-state index is 12.6. The van der Waals surface area contributed by atoms with Gasteiger partial charge in [0, 0.05) is 31.9 Å². The second-order valence-electron chi connectivity index (χ2n) is 4.66. The van der Waals surface area contributed by atoms with Gasteiger partial charge in [-0.2, -0.15) is 13.2 Å². The van der Waals surface area contributed by atoms with Crippen LogP contribution in [-0.4, -0.2) is 47.1 Å². The van der Waals surface area contributed by atoms with Crippen LogP contribution in [0.1, 0.15) is 19.5 Å². The molecule has 7 heteroatoms. The van der Waals surface area contributed by atoms with Crippen molar-refractivity contribution in [3.8, 4) is 0 Å². The van der Waals surface area contributed by atoms with E-state index >= 15 is 0 Å². The van der Waals surface area contributed by atoms with E-state index in [1.807, 2.05) is 4.90 Å². The number of aromatic nitrogens is 2. The first-order chi connectivity index (χ1) is 8.91. The molecule has 0 amide bonds. The van der Waals surface area contributed by atoms with Crippen LogP contribution in [0.25, 0.3) is 0 Å². The first-order valence-corrected chi connectivity index (χ1v) is 6.31. The van der Waals surface area contributed by atoms with Crippen molar-refractivity contribution in [2.24, 2.45) is 0 Å². The van der Waals surface area contributed by atoms with Crippen molar-refractivity contribution in [1.29, 1.82) is 0 Å². The van der Waals surface area contributed by atoms with Crippen LogP contribution in [0.2, 0.25) is 0 Å². The Hall–Kier alpha value is -1.37. The lowest BCUT2D eigenvalue weighted by molar-refractivity contribution is -0.141. The molecule has 1 saturated heterocycles. The van der Waals surface area contributed by atoms with E-state index < -0.39 is 11.9 Å². The van der Waals surface area contributed by atoms with Gasteiger partial charge in [-0.15, -0.1) is 0 Å². The SMILES string of the molecule is CCN1CCN(c2nccc(C(F)(F)F)n2)C[C@@H]1C. The molecular weight excluding hydrogens is 257 g/mol. The summed E-state index contributed by atoms with van der Waals surface area (Å²) in [6.45, 7) is 7.20. The van der Waals surface area contributed by atoms with E-state index in [4.69, 9.17) is 0 Å². The van der Waals surface area contributed by atoms with Gasteiger partial charge in [-0.25, -0.2) is 9.97 Å². The first kappa shape index (κ1) is 14.0. The number of halogens is 3. The summed E-state index contributed by atoms with van der Waals surface area (Å²) in [4.78, 5) is 11.7. The maximum Gasteiger partial charge on any atom is 0.433 e. The molecule has 2 rings (SSSR count). The fourth-order valence-electron chi connectivity index (χ4n) is 2.31. The van der Waals surface area contributed by atoms with Crippen molar-refractivity contribution in [3.05, 3.63) is 18.0 Å². The summed E-state index contributed by atoms with van der Waals surface area (Å²) >= 11 is 0. The Balaban J connectivity index is 2.15. The van der Waals surface area contributed by atoms with Crippen LogP contribution >= 0.6 is 0 Å². The van der Waals surface area contributed by atoms with Gasteiger partial charge in [0.05, 0.1) is 0 Å². The number of hydrogen-bond acceptors (Lipinski definition) is 4. The number of likely N-dealkylation sites (N-methyl/N-ethyl adjacent to an activating group) is 1. The van der Waals surface area contributed by atoms with E-state index in [1.54, 1.807) is 0 Å². The van der Waals surface area contributed by atoms with Crippen molar-refractivity contribution >= 4 is 5.95 Å². The number of anilines is 1. The molecule has 106 valence electrons. The van der Waals surface area contributed by atoms with E-state index in [0.29, 0.717) is 13.1 Å². The van der Waals surface area contributed by atoms with E-state index in [9.17, 15) is 13.2 Å². The number of piperazine rings is 1. The molecule has 1 fully saturated rings. The van der Waals surface area contributed by atoms with Crippen LogP contribution in [-0.2, 0) is 6.18 Å². The zero-order valence-electron chi connectivity index (χ0n) is 11.0. The van der Waals surface area contributed by atoms with Gasteiger partial charge in [0.1, 0.15) is 5.69 Å². The highest BCUT2D eigenvalue weighted by atomic mass is 19.4. The molecule has 0 bridgehead atoms. The smallest absolute Gasteiger partial charge is 0.338 e. The third kappa shape index (κ3) is 3.15. The normalized spacial score (nSPS) is 21.7. The van der Waals surface area contributed by atoms with Crippen molar-refractivity contribution in [2.75, 3.05) is 31.1 Å². The quantitative estimate of drug-likeness (QED) is 0.826. The Bertz CT molecular complexity index is 435. The molecule has 1 aromatic rings. The minimum Gasteiger partial charge on any atom is -0.338 e. The molecule has 1 aromatic heterocycles. The molecule has 19 heavy (non-hydrogen) atoms. The average molecular weight is 274 g/mol. The molecule has 1 aliphatic rings. The van der Waals surface area contributed by atoms with Crippen molar-refractivity contribution in [1.82, 2.24) is 14.9 Å². The molecule has 1 atom stereocenters. The van der Waals surface area contributed by atoms with Crippen LogP contribution in [0.5, 0.6) is 0 Å². The van der Waals surface area contributed by atoms with E-state index in [0.717, 1.165) is 19.2 Å². The number of alkyl halides is 3. The highest BCUT2D eigenvalue weighted by molar-refractivity contribution is 5.32. The summed E-state index contributed by atoms with van der Waals surface area (Å²) in [6, 6.07) is 1.19. The van der Waals surface area contributed by atoms with Crippen LogP contribution in [0.15, 0.2) is 12.3 Å². The van der Waals surface area contributed by atoms with E-state index in [2.05, 4.69) is 28.7 Å². The number of hydrogen-bond donors (Lipinski definition) is 0. The van der Waals surface area contributed by atoms with Gasteiger partial charge in [-0.05, 0) is 19.5 Å². The van der Waals surface area contributed by atoms with Gasteiger partial charge in [0.25, 0.3) is 0 Å². The predicted octanol–water partition coefficient (Wildman–Crippen LogP) is 2.03. The zero-order chi connectivity index (χ0) is 14.0. The summed E-state index contributed by atoms with van der Waals surface area (Å²) in [5.74, 6) is 0.164. The Morgan fingerprint density at radius 2 is 2.11 bits per heavy atom. The minimum atomic E-state index is -4.42. The Kier molecular flexibility index (Phi) is 3.93. The highest BCUT2D eigenvalue weighted by Gasteiger charge is 2.33. The lowest BCUT2D eigenvalue weighted by atomic mass is 10.2. The van der Waals surface area contributed by atoms with Crippen molar-refractivity contribution in [3.63, 3.8) is 0 Å². The Labute approximate surface area is 110 Å². The van der Waals surface area contributed by atoms with E-state index in [-0.39, 0.29) is 12.0 Å². The second kappa shape index (κ2) is 5.32. The minimum absolute atomic E-state index is 0.164. The monoisotopic (exact) mass is 274 g/mol. The summed E-state index contributed by atoms with van der Waals surface area (Å²) in [6.07, 6.45) is -3.25. The topological polar surface area (TPSA) is 32.3 Å². The standard InChI is InChI=1S/C12H17F3N4/c1-3-18-6-7-19(8-9(18)2)11-16-5-4-10(17-11)12(13,14)15/h4-5,9H,3,6-8H2,1-2H3/t9-/m0/s1. The van der Waals surface area contributed by atoms with Gasteiger partial charge in [-0.1, -0.05) is 6.92 Å². The largest absolute Gasteiger partial charge is 0.433 e. The van der Waals surface area contributed by atoms with Crippen LogP contribution in [0.4, 0.5) is 19.1 Å². The lowest BCUT2D eigenvalue weighted by Gasteiger charge is -2.39. The average Bonchev–Trinajstić information content (AvgIpc) is 2.38. The third-order valence-electron chi connectivity index (χ3n) is 3.39. The van der Waals surface area contributed by atoms with Crippen LogP contribution < -0.4 is 4.90 Å². The van der Waals surface area contributed by atoms with Gasteiger partial charge >= 0.3 is 6.18 Å². The summed E-state index contributed by atoms with van der Waals surface area (Å²) < 4.78 is 37.8. The summed E-state index contributed by atoms with van der Waals surface area (Å²) in [5, 5.41) is 0. The zero-order valence-corrected chi connectivity index (χ0v) is 11.0. The molecule has 0 spiro atoms. The highest BCUT2D eigenvalue weighted by Crippen LogP contribution is 2.28. The number of nitrogens with zero attached hydrogens (tertiary/aromatic N) is 4. The van der Waals surface area contributed by atoms with Crippen molar-refractivity contribution in [2.45, 2.75) is 26.1 Å². The molecule has 0 aromatic carbocycles. The fourth-order valence-corrected chi connectivity index (χ4v) is 2.31. The Morgan fingerprint density at radius 3 is 2.68 bits per heavy atom. The molecule has 0 saturated carbocycles. The molecule has 0 N–H and O–H groups in total. The maximum atomic E-state index is 12.6. The lowest BCUT2D eigenvalue weighted by Crippen LogP contribution is -2.52. The summed E-state index contributed by atoms with van der Waals surface area (Å²) in [7, 11) is 0. The molecule has 1 aliphatic heterocycles. The molecule has 0 aliphatic carbocycles. The molecule has 0 unspecified atom stereocenters. The molecule has 0 radical (unpaired) electrons. The third-order valence-corrected chi connectivity index (χ3v) is 3.39. The van der Waals surface area contributed by atoms with Crippen LogP contribution in [0.3, 0.4) is 0 Å². The first-order valence-electron chi connectivity index (χ1n) is 6.31.